The van der Waals surface area contributed by atoms with Gasteiger partial charge in [-0.25, -0.2) is 0 Å². The first kappa shape index (κ1) is 33.2. The molecule has 0 heterocycles. The standard InChI is InChI=1S/C54H43N/c1-53(2)48-22-14-21-44(40-17-10-6-11-18-40)52(48)47-35-50-46(34-51(47)53)45-32-31-43(33-49(45)54(50,3)4)55(41-19-12-7-13-20-41)42-29-27-39(28-30-42)38-25-23-37(24-26-38)36-15-8-5-9-16-36/h5-35H,1-4H3. The van der Waals surface area contributed by atoms with Crippen LogP contribution in [0.15, 0.2) is 188 Å². The van der Waals surface area contributed by atoms with E-state index in [9.17, 15) is 0 Å². The third-order valence-electron chi connectivity index (χ3n) is 12.3. The van der Waals surface area contributed by atoms with Crippen molar-refractivity contribution in [2.24, 2.45) is 0 Å². The summed E-state index contributed by atoms with van der Waals surface area (Å²) in [7, 11) is 0. The summed E-state index contributed by atoms with van der Waals surface area (Å²) in [5.41, 5.74) is 21.7. The summed E-state index contributed by atoms with van der Waals surface area (Å²) in [6, 6.07) is 69.2. The van der Waals surface area contributed by atoms with Crippen LogP contribution in [0.5, 0.6) is 0 Å². The van der Waals surface area contributed by atoms with Crippen LogP contribution in [0.1, 0.15) is 49.9 Å². The van der Waals surface area contributed by atoms with E-state index in [0.717, 1.165) is 17.1 Å². The van der Waals surface area contributed by atoms with Crippen LogP contribution >= 0.6 is 0 Å². The molecule has 8 aromatic rings. The quantitative estimate of drug-likeness (QED) is 0.166. The Labute approximate surface area is 325 Å². The zero-order valence-electron chi connectivity index (χ0n) is 31.8. The highest BCUT2D eigenvalue weighted by molar-refractivity contribution is 5.96. The second kappa shape index (κ2) is 12.6. The molecule has 0 saturated heterocycles. The normalized spacial score (nSPS) is 14.1. The van der Waals surface area contributed by atoms with E-state index in [0.29, 0.717) is 0 Å². The fraction of sp³-hybridized carbons (Fsp3) is 0.111. The van der Waals surface area contributed by atoms with Crippen molar-refractivity contribution in [1.82, 2.24) is 0 Å². The van der Waals surface area contributed by atoms with Gasteiger partial charge in [-0.05, 0) is 126 Å². The maximum atomic E-state index is 2.53. The fourth-order valence-electron chi connectivity index (χ4n) is 9.31. The van der Waals surface area contributed by atoms with Gasteiger partial charge in [-0.15, -0.1) is 0 Å². The number of nitrogens with zero attached hydrogens (tertiary/aromatic N) is 1. The second-order valence-electron chi connectivity index (χ2n) is 16.2. The summed E-state index contributed by atoms with van der Waals surface area (Å²) in [4.78, 5) is 2.40. The molecule has 0 fully saturated rings. The molecule has 0 N–H and O–H groups in total. The highest BCUT2D eigenvalue weighted by Gasteiger charge is 2.42. The topological polar surface area (TPSA) is 3.24 Å². The highest BCUT2D eigenvalue weighted by Crippen LogP contribution is 2.58. The average molecular weight is 706 g/mol. The Morgan fingerprint density at radius 1 is 0.291 bits per heavy atom. The Balaban J connectivity index is 1.04. The molecule has 0 bridgehead atoms. The van der Waals surface area contributed by atoms with E-state index in [4.69, 9.17) is 0 Å². The summed E-state index contributed by atoms with van der Waals surface area (Å²) in [5.74, 6) is 0. The van der Waals surface area contributed by atoms with Gasteiger partial charge in [-0.3, -0.25) is 0 Å². The zero-order valence-corrected chi connectivity index (χ0v) is 31.8. The minimum Gasteiger partial charge on any atom is -0.310 e. The molecule has 0 saturated carbocycles. The van der Waals surface area contributed by atoms with Gasteiger partial charge in [0.05, 0.1) is 0 Å². The number of para-hydroxylation sites is 1. The van der Waals surface area contributed by atoms with Crippen molar-refractivity contribution in [3.63, 3.8) is 0 Å². The molecule has 1 heteroatoms. The molecule has 10 rings (SSSR count). The van der Waals surface area contributed by atoms with E-state index in [1.807, 2.05) is 0 Å². The number of benzene rings is 8. The lowest BCUT2D eigenvalue weighted by Crippen LogP contribution is -2.17. The first-order valence-electron chi connectivity index (χ1n) is 19.4. The lowest BCUT2D eigenvalue weighted by atomic mass is 9.79. The average Bonchev–Trinajstić information content (AvgIpc) is 3.60. The van der Waals surface area contributed by atoms with Crippen LogP contribution in [0.3, 0.4) is 0 Å². The minimum absolute atomic E-state index is 0.0997. The number of rotatable bonds is 6. The number of anilines is 3. The van der Waals surface area contributed by atoms with Crippen molar-refractivity contribution in [1.29, 1.82) is 0 Å². The Morgan fingerprint density at radius 3 is 1.38 bits per heavy atom. The zero-order chi connectivity index (χ0) is 37.3. The van der Waals surface area contributed by atoms with E-state index in [1.165, 1.54) is 77.9 Å². The molecule has 1 nitrogen and oxygen atoms in total. The van der Waals surface area contributed by atoms with Crippen LogP contribution in [-0.4, -0.2) is 0 Å². The van der Waals surface area contributed by atoms with Gasteiger partial charge < -0.3 is 4.90 Å². The van der Waals surface area contributed by atoms with Gasteiger partial charge in [-0.2, -0.15) is 0 Å². The maximum absolute atomic E-state index is 2.53. The maximum Gasteiger partial charge on any atom is 0.0465 e. The Morgan fingerprint density at radius 2 is 0.745 bits per heavy atom. The minimum atomic E-state index is -0.178. The van der Waals surface area contributed by atoms with E-state index in [1.54, 1.807) is 0 Å². The lowest BCUT2D eigenvalue weighted by Gasteiger charge is -2.28. The fourth-order valence-corrected chi connectivity index (χ4v) is 9.31. The van der Waals surface area contributed by atoms with Crippen LogP contribution in [0.25, 0.3) is 55.6 Å². The predicted molar refractivity (Wildman–Crippen MR) is 233 cm³/mol. The van der Waals surface area contributed by atoms with Crippen LogP contribution in [-0.2, 0) is 10.8 Å². The van der Waals surface area contributed by atoms with E-state index >= 15 is 0 Å². The Kier molecular flexibility index (Phi) is 7.58. The van der Waals surface area contributed by atoms with Crippen LogP contribution < -0.4 is 4.90 Å². The van der Waals surface area contributed by atoms with Crippen molar-refractivity contribution >= 4 is 17.1 Å². The van der Waals surface area contributed by atoms with Gasteiger partial charge in [0.15, 0.2) is 0 Å². The molecular formula is C54H43N. The molecule has 2 aliphatic rings. The van der Waals surface area contributed by atoms with E-state index < -0.39 is 0 Å². The molecule has 0 aliphatic heterocycles. The molecule has 0 radical (unpaired) electrons. The largest absolute Gasteiger partial charge is 0.310 e. The molecule has 0 aromatic heterocycles. The molecule has 0 spiro atoms. The second-order valence-corrected chi connectivity index (χ2v) is 16.2. The summed E-state index contributed by atoms with van der Waals surface area (Å²) >= 11 is 0. The molecule has 0 amide bonds. The van der Waals surface area contributed by atoms with Crippen molar-refractivity contribution < 1.29 is 0 Å². The summed E-state index contributed by atoms with van der Waals surface area (Å²) < 4.78 is 0. The number of fused-ring (bicyclic) bond motifs is 6. The van der Waals surface area contributed by atoms with Gasteiger partial charge >= 0.3 is 0 Å². The first-order valence-corrected chi connectivity index (χ1v) is 19.4. The summed E-state index contributed by atoms with van der Waals surface area (Å²) in [5, 5.41) is 0. The van der Waals surface area contributed by atoms with Gasteiger partial charge in [0.2, 0.25) is 0 Å². The SMILES string of the molecule is CC1(C)c2cc(N(c3ccccc3)c3ccc(-c4ccc(-c5ccccc5)cc4)cc3)ccc2-c2cc3c(cc21)-c1c(-c2ccccc2)cccc1C3(C)C. The smallest absolute Gasteiger partial charge is 0.0465 e. The van der Waals surface area contributed by atoms with Crippen molar-refractivity contribution in [2.45, 2.75) is 38.5 Å². The third kappa shape index (κ3) is 5.29. The molecule has 0 atom stereocenters. The van der Waals surface area contributed by atoms with E-state index in [-0.39, 0.29) is 10.8 Å². The first-order chi connectivity index (χ1) is 26.8. The summed E-state index contributed by atoms with van der Waals surface area (Å²) in [6.07, 6.45) is 0. The number of hydrogen-bond donors (Lipinski definition) is 0. The van der Waals surface area contributed by atoms with Crippen LogP contribution in [0.4, 0.5) is 17.1 Å². The summed E-state index contributed by atoms with van der Waals surface area (Å²) in [6.45, 7) is 9.60. The van der Waals surface area contributed by atoms with Crippen molar-refractivity contribution in [3.05, 3.63) is 210 Å². The van der Waals surface area contributed by atoms with Crippen LogP contribution in [0.2, 0.25) is 0 Å². The highest BCUT2D eigenvalue weighted by atomic mass is 15.1. The van der Waals surface area contributed by atoms with Crippen LogP contribution in [0, 0.1) is 0 Å². The molecular weight excluding hydrogens is 663 g/mol. The third-order valence-corrected chi connectivity index (χ3v) is 12.3. The van der Waals surface area contributed by atoms with Gasteiger partial charge in [0.25, 0.3) is 0 Å². The van der Waals surface area contributed by atoms with Gasteiger partial charge in [0, 0.05) is 27.9 Å². The number of hydrogen-bond acceptors (Lipinski definition) is 1. The molecule has 0 unspecified atom stereocenters. The Bertz CT molecular complexity index is 2700. The molecule has 8 aromatic carbocycles. The van der Waals surface area contributed by atoms with E-state index in [2.05, 4.69) is 221 Å². The lowest BCUT2D eigenvalue weighted by molar-refractivity contribution is 0.652. The van der Waals surface area contributed by atoms with Gasteiger partial charge in [0.1, 0.15) is 0 Å². The molecule has 2 aliphatic carbocycles. The van der Waals surface area contributed by atoms with Crippen molar-refractivity contribution in [2.75, 3.05) is 4.90 Å². The molecule has 55 heavy (non-hydrogen) atoms. The van der Waals surface area contributed by atoms with Crippen molar-refractivity contribution in [3.8, 4) is 55.6 Å². The monoisotopic (exact) mass is 705 g/mol. The predicted octanol–water partition coefficient (Wildman–Crippen LogP) is 14.8. The molecule has 264 valence electrons. The van der Waals surface area contributed by atoms with Gasteiger partial charge in [-0.1, -0.05) is 167 Å². The Hall–Kier alpha value is -6.44.